The van der Waals surface area contributed by atoms with Crippen molar-refractivity contribution in [2.45, 2.75) is 59.0 Å². The van der Waals surface area contributed by atoms with Gasteiger partial charge < -0.3 is 10.2 Å². The summed E-state index contributed by atoms with van der Waals surface area (Å²) in [4.78, 5) is 0. The predicted octanol–water partition coefficient (Wildman–Crippen LogP) is 5.15. The van der Waals surface area contributed by atoms with E-state index in [0.29, 0.717) is 0 Å². The first-order valence-electron chi connectivity index (χ1n) is 8.13. The molecule has 2 aromatic rings. The van der Waals surface area contributed by atoms with Crippen LogP contribution in [0.5, 0.6) is 5.75 Å². The highest BCUT2D eigenvalue weighted by Gasteiger charge is 2.29. The van der Waals surface area contributed by atoms with Crippen molar-refractivity contribution < 1.29 is 10.2 Å². The largest absolute Gasteiger partial charge is 0.507 e. The van der Waals surface area contributed by atoms with Crippen LogP contribution in [0, 0.1) is 0 Å². The van der Waals surface area contributed by atoms with Gasteiger partial charge in [0.15, 0.2) is 0 Å². The predicted molar refractivity (Wildman–Crippen MR) is 96.9 cm³/mol. The first-order chi connectivity index (χ1) is 10.6. The van der Waals surface area contributed by atoms with Crippen molar-refractivity contribution in [3.63, 3.8) is 0 Å². The summed E-state index contributed by atoms with van der Waals surface area (Å²) >= 11 is 0. The third-order valence-corrected chi connectivity index (χ3v) is 4.24. The highest BCUT2D eigenvalue weighted by Crippen LogP contribution is 2.45. The lowest BCUT2D eigenvalue weighted by molar-refractivity contribution is 0.278. The summed E-state index contributed by atoms with van der Waals surface area (Å²) in [6, 6.07) is 11.9. The second-order valence-corrected chi connectivity index (χ2v) is 8.20. The van der Waals surface area contributed by atoms with E-state index < -0.39 is 0 Å². The summed E-state index contributed by atoms with van der Waals surface area (Å²) in [5.41, 5.74) is 4.21. The van der Waals surface area contributed by atoms with Gasteiger partial charge in [0.1, 0.15) is 5.75 Å². The Labute approximate surface area is 139 Å². The molecule has 0 radical (unpaired) electrons. The summed E-state index contributed by atoms with van der Waals surface area (Å²) in [6.45, 7) is 12.6. The zero-order chi connectivity index (χ0) is 17.4. The molecule has 0 bridgehead atoms. The molecular formula is C21H28O2. The molecule has 2 N–H and O–H groups in total. The van der Waals surface area contributed by atoms with E-state index >= 15 is 0 Å². The van der Waals surface area contributed by atoms with Gasteiger partial charge in [-0.2, -0.15) is 0 Å². The summed E-state index contributed by atoms with van der Waals surface area (Å²) in [7, 11) is 0. The molecule has 2 heteroatoms. The van der Waals surface area contributed by atoms with Crippen molar-refractivity contribution in [3.8, 4) is 16.9 Å². The Morgan fingerprint density at radius 3 is 1.78 bits per heavy atom. The van der Waals surface area contributed by atoms with E-state index in [9.17, 15) is 10.2 Å². The number of hydrogen-bond donors (Lipinski definition) is 2. The van der Waals surface area contributed by atoms with Gasteiger partial charge in [-0.25, -0.2) is 0 Å². The number of phenols is 1. The Morgan fingerprint density at radius 1 is 0.826 bits per heavy atom. The number of aliphatic hydroxyl groups excluding tert-OH is 1. The molecule has 2 rings (SSSR count). The van der Waals surface area contributed by atoms with Crippen molar-refractivity contribution in [1.82, 2.24) is 0 Å². The fourth-order valence-electron chi connectivity index (χ4n) is 3.03. The Kier molecular flexibility index (Phi) is 4.59. The van der Waals surface area contributed by atoms with Gasteiger partial charge in [0.25, 0.3) is 0 Å². The van der Waals surface area contributed by atoms with Gasteiger partial charge >= 0.3 is 0 Å². The second kappa shape index (κ2) is 6.01. The van der Waals surface area contributed by atoms with Gasteiger partial charge in [-0.15, -0.1) is 0 Å². The quantitative estimate of drug-likeness (QED) is 0.805. The van der Waals surface area contributed by atoms with Crippen molar-refractivity contribution >= 4 is 0 Å². The van der Waals surface area contributed by atoms with Crippen LogP contribution in [0.1, 0.15) is 58.2 Å². The van der Waals surface area contributed by atoms with Crippen LogP contribution in [0.25, 0.3) is 11.1 Å². The molecule has 0 saturated carbocycles. The number of rotatable bonds is 2. The summed E-state index contributed by atoms with van der Waals surface area (Å²) in [6.07, 6.45) is 0. The number of benzene rings is 2. The van der Waals surface area contributed by atoms with Crippen LogP contribution in [0.3, 0.4) is 0 Å². The summed E-state index contributed by atoms with van der Waals surface area (Å²) in [5.74, 6) is 0.278. The van der Waals surface area contributed by atoms with Crippen LogP contribution in [0.2, 0.25) is 0 Å². The van der Waals surface area contributed by atoms with Crippen LogP contribution in [0.15, 0.2) is 36.4 Å². The molecule has 124 valence electrons. The molecule has 0 saturated heterocycles. The van der Waals surface area contributed by atoms with Crippen LogP contribution >= 0.6 is 0 Å². The number of aromatic hydroxyl groups is 1. The summed E-state index contributed by atoms with van der Waals surface area (Å²) < 4.78 is 0. The SMILES string of the molecule is CC(C)(C)c1cc(C(C)(C)C)c(CO)c(-c2ccccc2)c1O. The average Bonchev–Trinajstić information content (AvgIpc) is 2.44. The minimum Gasteiger partial charge on any atom is -0.507 e. The molecule has 0 fully saturated rings. The highest BCUT2D eigenvalue weighted by atomic mass is 16.3. The highest BCUT2D eigenvalue weighted by molar-refractivity contribution is 5.77. The van der Waals surface area contributed by atoms with Gasteiger partial charge in [-0.05, 0) is 27.5 Å². The van der Waals surface area contributed by atoms with Crippen molar-refractivity contribution in [3.05, 3.63) is 53.1 Å². The molecule has 2 nitrogen and oxygen atoms in total. The fraction of sp³-hybridized carbons (Fsp3) is 0.429. The fourth-order valence-corrected chi connectivity index (χ4v) is 3.03. The third-order valence-electron chi connectivity index (χ3n) is 4.24. The lowest BCUT2D eigenvalue weighted by Gasteiger charge is -2.30. The van der Waals surface area contributed by atoms with E-state index in [1.165, 1.54) is 0 Å². The minimum absolute atomic E-state index is 0.0885. The lowest BCUT2D eigenvalue weighted by Crippen LogP contribution is -2.20. The first kappa shape index (κ1) is 17.6. The van der Waals surface area contributed by atoms with E-state index in [1.54, 1.807) is 0 Å². The van der Waals surface area contributed by atoms with E-state index in [1.807, 2.05) is 30.3 Å². The lowest BCUT2D eigenvalue weighted by atomic mass is 9.75. The van der Waals surface area contributed by atoms with Gasteiger partial charge in [0.2, 0.25) is 0 Å². The molecular weight excluding hydrogens is 284 g/mol. The Hall–Kier alpha value is -1.80. The molecule has 0 aliphatic heterocycles. The first-order valence-corrected chi connectivity index (χ1v) is 8.13. The smallest absolute Gasteiger partial charge is 0.127 e. The topological polar surface area (TPSA) is 40.5 Å². The van der Waals surface area contributed by atoms with Crippen molar-refractivity contribution in [2.75, 3.05) is 0 Å². The van der Waals surface area contributed by atoms with E-state index in [-0.39, 0.29) is 23.2 Å². The van der Waals surface area contributed by atoms with Gasteiger partial charge in [0, 0.05) is 11.1 Å². The second-order valence-electron chi connectivity index (χ2n) is 8.20. The van der Waals surface area contributed by atoms with Gasteiger partial charge in [-0.1, -0.05) is 77.9 Å². The Balaban J connectivity index is 2.93. The number of phenolic OH excluding ortho intramolecular Hbond substituents is 1. The molecule has 0 spiro atoms. The molecule has 0 aromatic heterocycles. The van der Waals surface area contributed by atoms with E-state index in [4.69, 9.17) is 0 Å². The molecule has 0 unspecified atom stereocenters. The Morgan fingerprint density at radius 2 is 1.35 bits per heavy atom. The zero-order valence-electron chi connectivity index (χ0n) is 15.1. The van der Waals surface area contributed by atoms with Crippen LogP contribution in [-0.2, 0) is 17.4 Å². The average molecular weight is 312 g/mol. The van der Waals surface area contributed by atoms with Gasteiger partial charge in [0.05, 0.1) is 6.61 Å². The maximum atomic E-state index is 11.0. The maximum Gasteiger partial charge on any atom is 0.127 e. The van der Waals surface area contributed by atoms with Crippen molar-refractivity contribution in [1.29, 1.82) is 0 Å². The third kappa shape index (κ3) is 3.42. The molecule has 0 aliphatic rings. The molecule has 0 amide bonds. The van der Waals surface area contributed by atoms with Gasteiger partial charge in [-0.3, -0.25) is 0 Å². The van der Waals surface area contributed by atoms with Crippen LogP contribution < -0.4 is 0 Å². The molecule has 0 atom stereocenters. The van der Waals surface area contributed by atoms with Crippen LogP contribution in [0.4, 0.5) is 0 Å². The van der Waals surface area contributed by atoms with Crippen LogP contribution in [-0.4, -0.2) is 10.2 Å². The maximum absolute atomic E-state index is 11.0. The number of aliphatic hydroxyl groups is 1. The monoisotopic (exact) mass is 312 g/mol. The number of hydrogen-bond acceptors (Lipinski definition) is 2. The standard InChI is InChI=1S/C21H28O2/c1-20(2,3)16-12-17(21(4,5)6)19(23)18(15(16)13-22)14-10-8-7-9-11-14/h7-12,22-23H,13H2,1-6H3. The minimum atomic E-state index is -0.179. The molecule has 0 aliphatic carbocycles. The van der Waals surface area contributed by atoms with E-state index in [2.05, 4.69) is 47.6 Å². The zero-order valence-corrected chi connectivity index (χ0v) is 15.1. The normalized spacial score (nSPS) is 12.5. The van der Waals surface area contributed by atoms with Crippen molar-refractivity contribution in [2.24, 2.45) is 0 Å². The molecule has 0 heterocycles. The molecule has 23 heavy (non-hydrogen) atoms. The molecule has 2 aromatic carbocycles. The summed E-state index contributed by atoms with van der Waals surface area (Å²) in [5, 5.41) is 21.0. The van der Waals surface area contributed by atoms with E-state index in [0.717, 1.165) is 27.8 Å². The Bertz CT molecular complexity index is 687.